The number of benzene rings is 1. The highest BCUT2D eigenvalue weighted by molar-refractivity contribution is 5.75. The Kier molecular flexibility index (Phi) is 7.24. The summed E-state index contributed by atoms with van der Waals surface area (Å²) in [5.74, 6) is 1.64. The predicted molar refractivity (Wildman–Crippen MR) is 79.8 cm³/mol. The van der Waals surface area contributed by atoms with Crippen molar-refractivity contribution in [2.24, 2.45) is 0 Å². The van der Waals surface area contributed by atoms with Crippen LogP contribution >= 0.6 is 0 Å². The monoisotopic (exact) mass is 262 g/mol. The minimum Gasteiger partial charge on any atom is -0.494 e. The minimum atomic E-state index is 0.266. The van der Waals surface area contributed by atoms with Crippen molar-refractivity contribution in [1.29, 1.82) is 0 Å². The molecule has 0 bridgehead atoms. The number of hydrogen-bond donors (Lipinski definition) is 0. The Morgan fingerprint density at radius 1 is 1.21 bits per heavy atom. The maximum absolute atomic E-state index is 11.0. The highest BCUT2D eigenvalue weighted by atomic mass is 16.5. The Bertz CT molecular complexity index is 367. The Hall–Kier alpha value is -1.31. The number of carbonyl (C=O) groups excluding carboxylic acids is 1. The van der Waals surface area contributed by atoms with E-state index in [0.29, 0.717) is 12.3 Å². The van der Waals surface area contributed by atoms with Crippen LogP contribution in [0.1, 0.15) is 64.4 Å². The first kappa shape index (κ1) is 15.7. The van der Waals surface area contributed by atoms with Crippen molar-refractivity contribution in [2.45, 2.75) is 58.8 Å². The van der Waals surface area contributed by atoms with Gasteiger partial charge >= 0.3 is 0 Å². The van der Waals surface area contributed by atoms with Crippen molar-refractivity contribution in [2.75, 3.05) is 6.61 Å². The molecule has 0 aliphatic heterocycles. The Labute approximate surface area is 117 Å². The fourth-order valence-electron chi connectivity index (χ4n) is 2.02. The average Bonchev–Trinajstić information content (AvgIpc) is 2.41. The SMILES string of the molecule is CCCCCOc1ccc(C(C)CCC(C)=O)cc1. The smallest absolute Gasteiger partial charge is 0.129 e. The van der Waals surface area contributed by atoms with E-state index in [4.69, 9.17) is 4.74 Å². The standard InChI is InChI=1S/C17H26O2/c1-4-5-6-13-19-17-11-9-16(10-12-17)14(2)7-8-15(3)18/h9-12,14H,4-8,13H2,1-3H3. The van der Waals surface area contributed by atoms with Gasteiger partial charge in [-0.15, -0.1) is 0 Å². The molecule has 0 spiro atoms. The molecule has 1 aromatic rings. The van der Waals surface area contributed by atoms with Crippen LogP contribution in [0.5, 0.6) is 5.75 Å². The molecule has 1 atom stereocenters. The summed E-state index contributed by atoms with van der Waals surface area (Å²) in [6.45, 7) is 6.81. The van der Waals surface area contributed by atoms with Crippen LogP contribution in [0.4, 0.5) is 0 Å². The first-order valence-electron chi connectivity index (χ1n) is 7.35. The van der Waals surface area contributed by atoms with Crippen LogP contribution < -0.4 is 4.74 Å². The fraction of sp³-hybridized carbons (Fsp3) is 0.588. The normalized spacial score (nSPS) is 12.2. The third-order valence-electron chi connectivity index (χ3n) is 3.40. The first-order chi connectivity index (χ1) is 9.13. The topological polar surface area (TPSA) is 26.3 Å². The number of rotatable bonds is 9. The summed E-state index contributed by atoms with van der Waals surface area (Å²) < 4.78 is 5.69. The zero-order valence-corrected chi connectivity index (χ0v) is 12.4. The molecule has 106 valence electrons. The van der Waals surface area contributed by atoms with Crippen molar-refractivity contribution in [3.63, 3.8) is 0 Å². The molecule has 19 heavy (non-hydrogen) atoms. The van der Waals surface area contributed by atoms with Gasteiger partial charge in [0.05, 0.1) is 6.61 Å². The van der Waals surface area contributed by atoms with E-state index >= 15 is 0 Å². The summed E-state index contributed by atoms with van der Waals surface area (Å²) >= 11 is 0. The van der Waals surface area contributed by atoms with Gasteiger partial charge in [-0.25, -0.2) is 0 Å². The number of ketones is 1. The van der Waals surface area contributed by atoms with Gasteiger partial charge in [-0.3, -0.25) is 0 Å². The van der Waals surface area contributed by atoms with E-state index in [1.165, 1.54) is 18.4 Å². The van der Waals surface area contributed by atoms with Gasteiger partial charge in [-0.05, 0) is 43.4 Å². The lowest BCUT2D eigenvalue weighted by atomic mass is 9.95. The average molecular weight is 262 g/mol. The van der Waals surface area contributed by atoms with Gasteiger partial charge in [0.1, 0.15) is 11.5 Å². The molecule has 1 unspecified atom stereocenters. The maximum Gasteiger partial charge on any atom is 0.129 e. The van der Waals surface area contributed by atoms with E-state index in [2.05, 4.69) is 26.0 Å². The molecule has 0 N–H and O–H groups in total. The molecule has 2 nitrogen and oxygen atoms in total. The maximum atomic E-state index is 11.0. The van der Waals surface area contributed by atoms with E-state index in [9.17, 15) is 4.79 Å². The first-order valence-corrected chi connectivity index (χ1v) is 7.35. The van der Waals surface area contributed by atoms with E-state index in [1.807, 2.05) is 12.1 Å². The molecular formula is C17H26O2. The predicted octanol–water partition coefficient (Wildman–Crippen LogP) is 4.73. The lowest BCUT2D eigenvalue weighted by molar-refractivity contribution is -0.117. The molecule has 0 saturated heterocycles. The van der Waals surface area contributed by atoms with Crippen LogP contribution in [0.25, 0.3) is 0 Å². The van der Waals surface area contributed by atoms with Gasteiger partial charge in [0.15, 0.2) is 0 Å². The second-order valence-corrected chi connectivity index (χ2v) is 5.27. The van der Waals surface area contributed by atoms with Crippen molar-refractivity contribution in [3.05, 3.63) is 29.8 Å². The summed E-state index contributed by atoms with van der Waals surface area (Å²) in [5, 5.41) is 0. The lowest BCUT2D eigenvalue weighted by Gasteiger charge is -2.12. The van der Waals surface area contributed by atoms with Crippen molar-refractivity contribution >= 4 is 5.78 Å². The molecule has 1 aromatic carbocycles. The molecule has 0 saturated carbocycles. The number of ether oxygens (including phenoxy) is 1. The van der Waals surface area contributed by atoms with E-state index in [-0.39, 0.29) is 5.78 Å². The number of Topliss-reactive ketones (excluding diaryl/α,β-unsaturated/α-hetero) is 1. The Morgan fingerprint density at radius 3 is 2.47 bits per heavy atom. The van der Waals surface area contributed by atoms with Gasteiger partial charge in [0.25, 0.3) is 0 Å². The quantitative estimate of drug-likeness (QED) is 0.601. The number of unbranched alkanes of at least 4 members (excludes halogenated alkanes) is 2. The van der Waals surface area contributed by atoms with Crippen LogP contribution in [-0.2, 0) is 4.79 Å². The summed E-state index contributed by atoms with van der Waals surface area (Å²) in [4.78, 5) is 11.0. The summed E-state index contributed by atoms with van der Waals surface area (Å²) in [7, 11) is 0. The molecule has 0 heterocycles. The van der Waals surface area contributed by atoms with Gasteiger partial charge in [-0.1, -0.05) is 38.8 Å². The molecule has 0 aliphatic rings. The molecule has 0 fully saturated rings. The molecule has 0 amide bonds. The third-order valence-corrected chi connectivity index (χ3v) is 3.40. The fourth-order valence-corrected chi connectivity index (χ4v) is 2.02. The van der Waals surface area contributed by atoms with Crippen molar-refractivity contribution in [1.82, 2.24) is 0 Å². The van der Waals surface area contributed by atoms with Crippen LogP contribution in [0.3, 0.4) is 0 Å². The minimum absolute atomic E-state index is 0.266. The third kappa shape index (κ3) is 6.42. The second kappa shape index (κ2) is 8.73. The molecule has 1 rings (SSSR count). The highest BCUT2D eigenvalue weighted by Gasteiger charge is 2.07. The lowest BCUT2D eigenvalue weighted by Crippen LogP contribution is -1.99. The Balaban J connectivity index is 2.39. The van der Waals surface area contributed by atoms with Gasteiger partial charge in [0, 0.05) is 6.42 Å². The van der Waals surface area contributed by atoms with Crippen molar-refractivity contribution < 1.29 is 9.53 Å². The van der Waals surface area contributed by atoms with E-state index in [1.54, 1.807) is 6.92 Å². The van der Waals surface area contributed by atoms with Crippen LogP contribution in [0.2, 0.25) is 0 Å². The van der Waals surface area contributed by atoms with Crippen LogP contribution in [-0.4, -0.2) is 12.4 Å². The van der Waals surface area contributed by atoms with Gasteiger partial charge in [0.2, 0.25) is 0 Å². The highest BCUT2D eigenvalue weighted by Crippen LogP contribution is 2.23. The Morgan fingerprint density at radius 2 is 1.89 bits per heavy atom. The van der Waals surface area contributed by atoms with Crippen LogP contribution in [0.15, 0.2) is 24.3 Å². The largest absolute Gasteiger partial charge is 0.494 e. The number of hydrogen-bond acceptors (Lipinski definition) is 2. The van der Waals surface area contributed by atoms with E-state index < -0.39 is 0 Å². The molecule has 0 aliphatic carbocycles. The zero-order chi connectivity index (χ0) is 14.1. The summed E-state index contributed by atoms with van der Waals surface area (Å²) in [6.07, 6.45) is 5.14. The zero-order valence-electron chi connectivity index (χ0n) is 12.4. The summed E-state index contributed by atoms with van der Waals surface area (Å²) in [5.41, 5.74) is 1.28. The molecule has 0 aromatic heterocycles. The second-order valence-electron chi connectivity index (χ2n) is 5.27. The van der Waals surface area contributed by atoms with Gasteiger partial charge in [-0.2, -0.15) is 0 Å². The number of carbonyl (C=O) groups is 1. The van der Waals surface area contributed by atoms with Crippen molar-refractivity contribution in [3.8, 4) is 5.75 Å². The van der Waals surface area contributed by atoms with Gasteiger partial charge < -0.3 is 9.53 Å². The molecule has 2 heteroatoms. The van der Waals surface area contributed by atoms with E-state index in [0.717, 1.165) is 25.2 Å². The summed E-state index contributed by atoms with van der Waals surface area (Å²) in [6, 6.07) is 8.29. The molecule has 0 radical (unpaired) electrons. The molecular weight excluding hydrogens is 236 g/mol. The van der Waals surface area contributed by atoms with Crippen LogP contribution in [0, 0.1) is 0 Å².